The van der Waals surface area contributed by atoms with Gasteiger partial charge in [-0.1, -0.05) is 39.0 Å². The van der Waals surface area contributed by atoms with Crippen LogP contribution in [0.15, 0.2) is 35.6 Å². The van der Waals surface area contributed by atoms with Crippen LogP contribution >= 0.6 is 0 Å². The third-order valence-corrected chi connectivity index (χ3v) is 6.51. The van der Waals surface area contributed by atoms with E-state index in [-0.39, 0.29) is 16.3 Å². The van der Waals surface area contributed by atoms with E-state index >= 15 is 0 Å². The molecule has 2 rings (SSSR count). The Bertz CT molecular complexity index is 901. The van der Waals surface area contributed by atoms with Gasteiger partial charge in [0.1, 0.15) is 5.75 Å². The molecular formula is C21H33N3O4S. The molecule has 0 unspecified atom stereocenters. The van der Waals surface area contributed by atoms with Gasteiger partial charge in [-0.25, -0.2) is 13.4 Å². The monoisotopic (exact) mass is 423 g/mol. The number of rotatable bonds is 10. The summed E-state index contributed by atoms with van der Waals surface area (Å²) < 4.78 is 38.3. The van der Waals surface area contributed by atoms with E-state index in [0.29, 0.717) is 26.2 Å². The van der Waals surface area contributed by atoms with E-state index in [1.807, 2.05) is 52.1 Å². The van der Waals surface area contributed by atoms with Gasteiger partial charge in [-0.05, 0) is 18.5 Å². The summed E-state index contributed by atoms with van der Waals surface area (Å²) in [6, 6.07) is 7.88. The predicted octanol–water partition coefficient (Wildman–Crippen LogP) is 2.99. The molecule has 1 heterocycles. The van der Waals surface area contributed by atoms with Gasteiger partial charge in [-0.3, -0.25) is 4.90 Å². The van der Waals surface area contributed by atoms with Gasteiger partial charge in [0, 0.05) is 32.3 Å². The molecule has 0 aliphatic heterocycles. The van der Waals surface area contributed by atoms with E-state index in [1.54, 1.807) is 25.0 Å². The molecule has 0 aliphatic rings. The highest BCUT2D eigenvalue weighted by Gasteiger charge is 2.29. The summed E-state index contributed by atoms with van der Waals surface area (Å²) in [5.41, 5.74) is 1.56. The third kappa shape index (κ3) is 6.55. The first-order chi connectivity index (χ1) is 13.6. The Morgan fingerprint density at radius 3 is 2.45 bits per heavy atom. The number of methoxy groups -OCH3 is 2. The van der Waals surface area contributed by atoms with Crippen molar-refractivity contribution in [3.05, 3.63) is 41.7 Å². The van der Waals surface area contributed by atoms with E-state index in [9.17, 15) is 8.42 Å². The number of hydrogen-bond acceptors (Lipinski definition) is 6. The fourth-order valence-electron chi connectivity index (χ4n) is 3.28. The van der Waals surface area contributed by atoms with Crippen molar-refractivity contribution in [2.45, 2.75) is 45.6 Å². The molecule has 162 valence electrons. The number of imidazole rings is 1. The average Bonchev–Trinajstić information content (AvgIpc) is 3.01. The molecule has 1 aromatic heterocycles. The molecule has 1 aromatic carbocycles. The van der Waals surface area contributed by atoms with Crippen LogP contribution in [0.5, 0.6) is 5.75 Å². The summed E-state index contributed by atoms with van der Waals surface area (Å²) in [4.78, 5) is 6.40. The highest BCUT2D eigenvalue weighted by atomic mass is 32.2. The summed E-state index contributed by atoms with van der Waals surface area (Å²) in [5, 5.41) is 0.116. The lowest BCUT2D eigenvalue weighted by Gasteiger charge is -2.21. The normalized spacial score (nSPS) is 12.5. The van der Waals surface area contributed by atoms with E-state index in [1.165, 1.54) is 0 Å². The van der Waals surface area contributed by atoms with Crippen LogP contribution in [0.25, 0.3) is 0 Å². The molecule has 0 spiro atoms. The molecule has 29 heavy (non-hydrogen) atoms. The minimum Gasteiger partial charge on any atom is -0.496 e. The molecule has 2 aromatic rings. The minimum absolute atomic E-state index is 0.0422. The number of para-hydroxylation sites is 1. The summed E-state index contributed by atoms with van der Waals surface area (Å²) >= 11 is 0. The van der Waals surface area contributed by atoms with Gasteiger partial charge in [0.05, 0.1) is 31.4 Å². The van der Waals surface area contributed by atoms with Gasteiger partial charge >= 0.3 is 0 Å². The first-order valence-corrected chi connectivity index (χ1v) is 11.3. The fraction of sp³-hybridized carbons (Fsp3) is 0.571. The van der Waals surface area contributed by atoms with E-state index in [4.69, 9.17) is 9.47 Å². The molecule has 0 saturated heterocycles. The maximum absolute atomic E-state index is 13.0. The third-order valence-electron chi connectivity index (χ3n) is 4.39. The van der Waals surface area contributed by atoms with Gasteiger partial charge in [-0.2, -0.15) is 0 Å². The second kappa shape index (κ2) is 9.73. The van der Waals surface area contributed by atoms with Gasteiger partial charge in [-0.15, -0.1) is 0 Å². The van der Waals surface area contributed by atoms with Crippen molar-refractivity contribution in [3.63, 3.8) is 0 Å². The zero-order valence-electron chi connectivity index (χ0n) is 18.3. The molecule has 7 nitrogen and oxygen atoms in total. The van der Waals surface area contributed by atoms with Crippen molar-refractivity contribution in [3.8, 4) is 5.75 Å². The van der Waals surface area contributed by atoms with Crippen LogP contribution in [0, 0.1) is 5.41 Å². The van der Waals surface area contributed by atoms with Crippen LogP contribution in [0.3, 0.4) is 0 Å². The molecule has 0 bridgehead atoms. The number of aromatic nitrogens is 2. The van der Waals surface area contributed by atoms with Gasteiger partial charge in [0.2, 0.25) is 15.0 Å². The topological polar surface area (TPSA) is 73.7 Å². The Hall–Kier alpha value is -1.90. The second-order valence-electron chi connectivity index (χ2n) is 8.48. The molecule has 0 fully saturated rings. The average molecular weight is 424 g/mol. The van der Waals surface area contributed by atoms with Gasteiger partial charge in [0.25, 0.3) is 0 Å². The highest BCUT2D eigenvalue weighted by Crippen LogP contribution is 2.24. The molecule has 0 N–H and O–H groups in total. The SMILES string of the molecule is COCCn1c(CN(C)Cc2ccccc2OC)cnc1S(=O)(=O)CC(C)(C)C. The van der Waals surface area contributed by atoms with E-state index in [2.05, 4.69) is 9.88 Å². The smallest absolute Gasteiger partial charge is 0.227 e. The number of hydrogen-bond donors (Lipinski definition) is 0. The van der Waals surface area contributed by atoms with Crippen LogP contribution in [0.2, 0.25) is 0 Å². The number of sulfone groups is 1. The van der Waals surface area contributed by atoms with Crippen molar-refractivity contribution in [1.82, 2.24) is 14.5 Å². The van der Waals surface area contributed by atoms with Crippen molar-refractivity contribution in [1.29, 1.82) is 0 Å². The Morgan fingerprint density at radius 2 is 1.83 bits per heavy atom. The Labute approximate surface area is 174 Å². The van der Waals surface area contributed by atoms with E-state index < -0.39 is 9.84 Å². The van der Waals surface area contributed by atoms with Crippen LogP contribution in [0.1, 0.15) is 32.0 Å². The molecule has 0 saturated carbocycles. The summed E-state index contributed by atoms with van der Waals surface area (Å²) in [6.07, 6.45) is 1.66. The standard InChI is InChI=1S/C21H33N3O4S/c1-21(2,3)16-29(25,26)20-22-13-18(24(20)11-12-27-5)15-23(4)14-17-9-7-8-10-19(17)28-6/h7-10,13H,11-12,14-16H2,1-6H3. The molecule has 0 atom stereocenters. The number of benzene rings is 1. The van der Waals surface area contributed by atoms with Crippen LogP contribution in [0.4, 0.5) is 0 Å². The number of nitrogens with zero attached hydrogens (tertiary/aromatic N) is 3. The van der Waals surface area contributed by atoms with Gasteiger partial charge < -0.3 is 14.0 Å². The Kier molecular flexibility index (Phi) is 7.85. The summed E-state index contributed by atoms with van der Waals surface area (Å²) in [7, 11) is 1.75. The van der Waals surface area contributed by atoms with Crippen molar-refractivity contribution in [2.75, 3.05) is 33.6 Å². The van der Waals surface area contributed by atoms with Crippen LogP contribution < -0.4 is 4.74 Å². The van der Waals surface area contributed by atoms with E-state index in [0.717, 1.165) is 17.0 Å². The molecule has 8 heteroatoms. The van der Waals surface area contributed by atoms with Crippen molar-refractivity contribution >= 4 is 9.84 Å². The van der Waals surface area contributed by atoms with Crippen LogP contribution in [-0.4, -0.2) is 56.5 Å². The van der Waals surface area contributed by atoms with Crippen molar-refractivity contribution in [2.24, 2.45) is 5.41 Å². The lowest BCUT2D eigenvalue weighted by atomic mass is 10.0. The summed E-state index contributed by atoms with van der Waals surface area (Å²) in [5.74, 6) is 0.876. The zero-order valence-corrected chi connectivity index (χ0v) is 19.1. The maximum atomic E-state index is 13.0. The fourth-order valence-corrected chi connectivity index (χ4v) is 5.31. The summed E-state index contributed by atoms with van der Waals surface area (Å²) in [6.45, 7) is 7.81. The predicted molar refractivity (Wildman–Crippen MR) is 114 cm³/mol. The Balaban J connectivity index is 2.27. The van der Waals surface area contributed by atoms with Gasteiger partial charge in [0.15, 0.2) is 0 Å². The highest BCUT2D eigenvalue weighted by molar-refractivity contribution is 7.91. The first kappa shape index (κ1) is 23.4. The Morgan fingerprint density at radius 1 is 1.14 bits per heavy atom. The maximum Gasteiger partial charge on any atom is 0.227 e. The largest absolute Gasteiger partial charge is 0.496 e. The first-order valence-electron chi connectivity index (χ1n) is 9.64. The molecule has 0 aliphatic carbocycles. The lowest BCUT2D eigenvalue weighted by Crippen LogP contribution is -2.26. The molecule has 0 radical (unpaired) electrons. The minimum atomic E-state index is -3.51. The molecular weight excluding hydrogens is 390 g/mol. The zero-order chi connectivity index (χ0) is 21.7. The van der Waals surface area contributed by atoms with Crippen LogP contribution in [-0.2, 0) is 34.2 Å². The lowest BCUT2D eigenvalue weighted by molar-refractivity contribution is 0.181. The number of ether oxygens (including phenoxy) is 2. The molecule has 0 amide bonds. The van der Waals surface area contributed by atoms with Crippen molar-refractivity contribution < 1.29 is 17.9 Å². The second-order valence-corrected chi connectivity index (χ2v) is 10.4. The quantitative estimate of drug-likeness (QED) is 0.585.